The summed E-state index contributed by atoms with van der Waals surface area (Å²) in [5, 5.41) is 14.7. The Labute approximate surface area is 240 Å². The Balaban J connectivity index is 1.55. The Morgan fingerprint density at radius 3 is 2.54 bits per heavy atom. The molecule has 1 heterocycles. The molecule has 0 spiro atoms. The average Bonchev–Trinajstić information content (AvgIpc) is 3.88. The molecule has 2 aromatic rings. The van der Waals surface area contributed by atoms with Gasteiger partial charge in [-0.3, -0.25) is 20.3 Å². The zero-order valence-electron chi connectivity index (χ0n) is 23.8. The lowest BCUT2D eigenvalue weighted by atomic mass is 10.0. The minimum Gasteiger partial charge on any atom is -0.496 e. The third-order valence-electron chi connectivity index (χ3n) is 7.02. The topological polar surface area (TPSA) is 116 Å². The summed E-state index contributed by atoms with van der Waals surface area (Å²) >= 11 is 0. The van der Waals surface area contributed by atoms with Gasteiger partial charge in [0.2, 0.25) is 6.41 Å². The number of carbonyl (C=O) groups excluding carboxylic acids is 2. The lowest BCUT2D eigenvalue weighted by molar-refractivity contribution is -0.108. The number of carbonyl (C=O) groups is 2. The SMILES string of the molecule is CCCCOC(=C1CC1)C(Cc1ccc(N(C)C(/C=C(/C)NC=O)=C2CC2)nc1)NC(=O)c1ccc(NO)cc1F. The number of hydrogen-bond donors (Lipinski definition) is 4. The van der Waals surface area contributed by atoms with Crippen molar-refractivity contribution in [2.45, 2.75) is 64.8 Å². The van der Waals surface area contributed by atoms with E-state index in [1.165, 1.54) is 17.7 Å². The van der Waals surface area contributed by atoms with Gasteiger partial charge in [0.05, 0.1) is 23.9 Å². The number of rotatable bonds is 15. The quantitative estimate of drug-likeness (QED) is 0.0998. The van der Waals surface area contributed by atoms with Crippen LogP contribution in [0, 0.1) is 5.82 Å². The molecule has 4 rings (SSSR count). The second-order valence-electron chi connectivity index (χ2n) is 10.4. The first-order chi connectivity index (χ1) is 19.8. The van der Waals surface area contributed by atoms with Crippen LogP contribution >= 0.6 is 0 Å². The summed E-state index contributed by atoms with van der Waals surface area (Å²) in [6, 6.07) is 7.23. The van der Waals surface area contributed by atoms with Crippen molar-refractivity contribution in [1.82, 2.24) is 15.6 Å². The largest absolute Gasteiger partial charge is 0.496 e. The minimum atomic E-state index is -0.741. The Kier molecular flexibility index (Phi) is 10.1. The Morgan fingerprint density at radius 2 is 1.95 bits per heavy atom. The van der Waals surface area contributed by atoms with E-state index in [9.17, 15) is 14.0 Å². The van der Waals surface area contributed by atoms with Crippen molar-refractivity contribution < 1.29 is 23.9 Å². The van der Waals surface area contributed by atoms with E-state index in [-0.39, 0.29) is 11.3 Å². The predicted molar refractivity (Wildman–Crippen MR) is 156 cm³/mol. The van der Waals surface area contributed by atoms with E-state index in [1.807, 2.05) is 42.6 Å². The molecule has 4 N–H and O–H groups in total. The van der Waals surface area contributed by atoms with Gasteiger partial charge in [-0.2, -0.15) is 0 Å². The molecule has 1 unspecified atom stereocenters. The Morgan fingerprint density at radius 1 is 1.20 bits per heavy atom. The van der Waals surface area contributed by atoms with E-state index < -0.39 is 17.8 Å². The summed E-state index contributed by atoms with van der Waals surface area (Å²) in [6.45, 7) is 4.47. The highest BCUT2D eigenvalue weighted by molar-refractivity contribution is 5.95. The second-order valence-corrected chi connectivity index (χ2v) is 10.4. The molecule has 10 heteroatoms. The standard InChI is InChI=1S/C31H38FN5O4/c1-4-5-14-41-30(23-9-10-23)27(35-31(39)25-12-11-24(36-40)17-26(25)32)16-21-6-13-29(33-18-21)37(3)28(22-7-8-22)15-20(2)34-19-38/h6,11-13,15,17-19,27,36,40H,4-5,7-10,14,16H2,1-3H3,(H,34,38)(H,35,39)/b20-15-. The van der Waals surface area contributed by atoms with Crippen molar-refractivity contribution in [3.8, 4) is 0 Å². The van der Waals surface area contributed by atoms with E-state index >= 15 is 0 Å². The molecule has 1 aromatic carbocycles. The summed E-state index contributed by atoms with van der Waals surface area (Å²) in [4.78, 5) is 30.7. The summed E-state index contributed by atoms with van der Waals surface area (Å²) in [7, 11) is 1.94. The number of nitrogens with one attached hydrogen (secondary N) is 3. The van der Waals surface area contributed by atoms with Crippen LogP contribution < -0.4 is 21.0 Å². The molecule has 2 aliphatic rings. The number of ether oxygens (including phenoxy) is 1. The van der Waals surface area contributed by atoms with Crippen LogP contribution in [0.15, 0.2) is 70.9 Å². The molecule has 2 amide bonds. The average molecular weight is 564 g/mol. The number of likely N-dealkylation sites (N-methyl/N-ethyl adjacent to an activating group) is 1. The molecule has 2 aliphatic carbocycles. The Hall–Kier alpha value is -4.18. The van der Waals surface area contributed by atoms with Gasteiger partial charge in [-0.1, -0.05) is 19.4 Å². The van der Waals surface area contributed by atoms with Crippen molar-refractivity contribution in [2.75, 3.05) is 24.0 Å². The first kappa shape index (κ1) is 29.8. The molecule has 0 radical (unpaired) electrons. The number of amides is 2. The number of allylic oxidation sites excluding steroid dienone is 4. The number of halogens is 1. The van der Waals surface area contributed by atoms with Crippen LogP contribution in [0.2, 0.25) is 0 Å². The van der Waals surface area contributed by atoms with Gasteiger partial charge in [0.1, 0.15) is 17.4 Å². The minimum absolute atomic E-state index is 0.120. The number of unbranched alkanes of at least 4 members (excludes halogenated alkanes) is 1. The van der Waals surface area contributed by atoms with E-state index in [1.54, 1.807) is 6.20 Å². The molecule has 2 saturated carbocycles. The third kappa shape index (κ3) is 8.17. The molecule has 41 heavy (non-hydrogen) atoms. The van der Waals surface area contributed by atoms with E-state index in [2.05, 4.69) is 17.6 Å². The molecule has 218 valence electrons. The van der Waals surface area contributed by atoms with E-state index in [0.717, 1.165) is 78.7 Å². The monoisotopic (exact) mass is 563 g/mol. The fourth-order valence-corrected chi connectivity index (χ4v) is 4.49. The van der Waals surface area contributed by atoms with Crippen molar-refractivity contribution in [3.05, 3.63) is 87.8 Å². The van der Waals surface area contributed by atoms with Crippen molar-refractivity contribution in [3.63, 3.8) is 0 Å². The molecule has 1 aromatic heterocycles. The number of pyridine rings is 1. The summed E-state index contributed by atoms with van der Waals surface area (Å²) in [5.74, 6) is 0.186. The second kappa shape index (κ2) is 13.9. The smallest absolute Gasteiger partial charge is 0.254 e. The van der Waals surface area contributed by atoms with Crippen LogP contribution in [-0.2, 0) is 16.0 Å². The van der Waals surface area contributed by atoms with Gasteiger partial charge in [0, 0.05) is 37.1 Å². The van der Waals surface area contributed by atoms with Gasteiger partial charge in [-0.25, -0.2) is 9.37 Å². The molecular weight excluding hydrogens is 525 g/mol. The predicted octanol–water partition coefficient (Wildman–Crippen LogP) is 5.36. The highest BCUT2D eigenvalue weighted by Gasteiger charge is 2.29. The molecule has 9 nitrogen and oxygen atoms in total. The number of aromatic nitrogens is 1. The first-order valence-electron chi connectivity index (χ1n) is 14.0. The Bertz CT molecular complexity index is 1340. The third-order valence-corrected chi connectivity index (χ3v) is 7.02. The maximum Gasteiger partial charge on any atom is 0.254 e. The van der Waals surface area contributed by atoms with Gasteiger partial charge in [-0.15, -0.1) is 0 Å². The molecule has 0 saturated heterocycles. The van der Waals surface area contributed by atoms with Crippen LogP contribution in [0.25, 0.3) is 0 Å². The van der Waals surface area contributed by atoms with Crippen LogP contribution in [0.4, 0.5) is 15.9 Å². The molecule has 0 aliphatic heterocycles. The lowest BCUT2D eigenvalue weighted by Gasteiger charge is -2.24. The molecule has 2 fully saturated rings. The lowest BCUT2D eigenvalue weighted by Crippen LogP contribution is -2.39. The van der Waals surface area contributed by atoms with Crippen LogP contribution in [0.5, 0.6) is 0 Å². The summed E-state index contributed by atoms with van der Waals surface area (Å²) in [5.41, 5.74) is 7.03. The van der Waals surface area contributed by atoms with Gasteiger partial charge >= 0.3 is 0 Å². The molecular formula is C31H38FN5O4. The number of hydrogen-bond acceptors (Lipinski definition) is 7. The first-order valence-corrected chi connectivity index (χ1v) is 14.0. The van der Waals surface area contributed by atoms with Crippen LogP contribution in [0.1, 0.15) is 68.3 Å². The van der Waals surface area contributed by atoms with Crippen LogP contribution in [0.3, 0.4) is 0 Å². The van der Waals surface area contributed by atoms with Crippen molar-refractivity contribution in [1.29, 1.82) is 0 Å². The van der Waals surface area contributed by atoms with E-state index in [0.29, 0.717) is 19.4 Å². The molecule has 1 atom stereocenters. The number of nitrogens with zero attached hydrogens (tertiary/aromatic N) is 2. The van der Waals surface area contributed by atoms with Gasteiger partial charge < -0.3 is 20.3 Å². The van der Waals surface area contributed by atoms with E-state index in [4.69, 9.17) is 14.9 Å². The fourth-order valence-electron chi connectivity index (χ4n) is 4.49. The fraction of sp³-hybridized carbons (Fsp3) is 0.387. The zero-order chi connectivity index (χ0) is 29.4. The highest BCUT2D eigenvalue weighted by Crippen LogP contribution is 2.36. The molecule has 0 bridgehead atoms. The summed E-state index contributed by atoms with van der Waals surface area (Å²) in [6.07, 6.45) is 10.5. The summed E-state index contributed by atoms with van der Waals surface area (Å²) < 4.78 is 20.8. The number of benzene rings is 1. The normalized spacial score (nSPS) is 14.6. The maximum atomic E-state index is 14.7. The van der Waals surface area contributed by atoms with Crippen LogP contribution in [-0.4, -0.2) is 42.2 Å². The van der Waals surface area contributed by atoms with Gasteiger partial charge in [0.25, 0.3) is 5.91 Å². The zero-order valence-corrected chi connectivity index (χ0v) is 23.8. The maximum absolute atomic E-state index is 14.7. The van der Waals surface area contributed by atoms with Crippen molar-refractivity contribution in [2.24, 2.45) is 0 Å². The van der Waals surface area contributed by atoms with Crippen molar-refractivity contribution >= 4 is 23.8 Å². The van der Waals surface area contributed by atoms with Gasteiger partial charge in [-0.05, 0) is 80.0 Å². The van der Waals surface area contributed by atoms with Gasteiger partial charge in [0.15, 0.2) is 0 Å². The number of anilines is 2. The highest BCUT2D eigenvalue weighted by atomic mass is 19.1.